The Labute approximate surface area is 258 Å². The predicted molar refractivity (Wildman–Crippen MR) is 170 cm³/mol. The first-order valence-corrected chi connectivity index (χ1v) is 14.6. The molecule has 0 atom stereocenters. The molecule has 0 unspecified atom stereocenters. The number of rotatable bonds is 4. The summed E-state index contributed by atoms with van der Waals surface area (Å²) in [5.74, 6) is 1.40. The van der Waals surface area contributed by atoms with Gasteiger partial charge in [0.25, 0.3) is 0 Å². The summed E-state index contributed by atoms with van der Waals surface area (Å²) in [6.07, 6.45) is 4.69. The highest BCUT2D eigenvalue weighted by atomic mass is 16.6. The number of fused-ring (bicyclic) bond motifs is 2. The molecule has 1 saturated heterocycles. The van der Waals surface area contributed by atoms with Gasteiger partial charge in [0.05, 0.1) is 22.2 Å². The van der Waals surface area contributed by atoms with Gasteiger partial charge in [-0.15, -0.1) is 10.2 Å². The zero-order chi connectivity index (χ0) is 31.1. The van der Waals surface area contributed by atoms with Crippen molar-refractivity contribution in [2.24, 2.45) is 0 Å². The Balaban J connectivity index is 1.33. The molecule has 1 amide bonds. The van der Waals surface area contributed by atoms with Gasteiger partial charge in [-0.3, -0.25) is 4.57 Å². The molecule has 0 bridgehead atoms. The maximum absolute atomic E-state index is 12.7. The van der Waals surface area contributed by atoms with E-state index in [0.717, 1.165) is 50.1 Å². The van der Waals surface area contributed by atoms with Crippen LogP contribution < -0.4 is 4.90 Å². The summed E-state index contributed by atoms with van der Waals surface area (Å²) < 4.78 is 7.65. The van der Waals surface area contributed by atoms with Gasteiger partial charge in [-0.1, -0.05) is 18.2 Å². The molecule has 7 rings (SSSR count). The lowest BCUT2D eigenvalue weighted by Gasteiger charge is -2.36. The van der Waals surface area contributed by atoms with Crippen LogP contribution in [0.15, 0.2) is 73.4 Å². The van der Waals surface area contributed by atoms with Crippen LogP contribution in [0, 0.1) is 11.3 Å². The molecule has 6 aromatic rings. The molecular formula is C33H30N10O2. The Kier molecular flexibility index (Phi) is 6.85. The number of nitrogens with one attached hydrogen (secondary N) is 1. The fourth-order valence-electron chi connectivity index (χ4n) is 5.61. The van der Waals surface area contributed by atoms with E-state index in [4.69, 9.17) is 14.7 Å². The zero-order valence-corrected chi connectivity index (χ0v) is 25.1. The van der Waals surface area contributed by atoms with Crippen molar-refractivity contribution in [3.63, 3.8) is 0 Å². The summed E-state index contributed by atoms with van der Waals surface area (Å²) in [4.78, 5) is 33.7. The van der Waals surface area contributed by atoms with E-state index in [2.05, 4.69) is 53.9 Å². The van der Waals surface area contributed by atoms with E-state index in [9.17, 15) is 10.1 Å². The molecule has 1 aliphatic rings. The third-order valence-corrected chi connectivity index (χ3v) is 7.73. The second-order valence-electron chi connectivity index (χ2n) is 11.9. The molecule has 1 aliphatic heterocycles. The Bertz CT molecular complexity index is 2080. The minimum absolute atomic E-state index is 0.298. The number of carbonyl (C=O) groups excluding carboxylic acids is 1. The van der Waals surface area contributed by atoms with Crippen LogP contribution in [0.3, 0.4) is 0 Å². The standard InChI is InChI=1S/C33H30N10O2/c1-33(2,3)45-32(44)42-12-10-41(11-13-42)29-17-27(24-6-4-5-7-26(24)39-29)43-20-37-30-25(31-36-19-38-40-31)15-22(16-28(30)43)21-8-9-35-23(14-21)18-34/h4-9,14-17,19-20H,10-13H2,1-3H3,(H,36,38,40). The van der Waals surface area contributed by atoms with Crippen molar-refractivity contribution in [2.45, 2.75) is 26.4 Å². The number of carbonyl (C=O) groups is 1. The van der Waals surface area contributed by atoms with Gasteiger partial charge in [0, 0.05) is 49.4 Å². The van der Waals surface area contributed by atoms with E-state index < -0.39 is 5.60 Å². The largest absolute Gasteiger partial charge is 0.444 e. The molecule has 0 spiro atoms. The van der Waals surface area contributed by atoms with E-state index in [1.54, 1.807) is 17.2 Å². The number of H-pyrrole nitrogens is 1. The monoisotopic (exact) mass is 598 g/mol. The van der Waals surface area contributed by atoms with Gasteiger partial charge in [-0.05, 0) is 62.2 Å². The van der Waals surface area contributed by atoms with Gasteiger partial charge in [-0.2, -0.15) is 5.26 Å². The normalized spacial score (nSPS) is 13.7. The SMILES string of the molecule is CC(C)(C)OC(=O)N1CCN(c2cc(-n3cnc4c(-c5nnc[nH]5)cc(-c5ccnc(C#N)c5)cc43)c3ccccc3n2)CC1. The third kappa shape index (κ3) is 5.40. The van der Waals surface area contributed by atoms with Crippen molar-refractivity contribution in [3.8, 4) is 34.3 Å². The van der Waals surface area contributed by atoms with Gasteiger partial charge in [0.1, 0.15) is 35.8 Å². The summed E-state index contributed by atoms with van der Waals surface area (Å²) in [7, 11) is 0. The number of amides is 1. The summed E-state index contributed by atoms with van der Waals surface area (Å²) in [5.41, 5.74) is 5.67. The number of nitriles is 1. The number of pyridine rings is 2. The second kappa shape index (κ2) is 11.0. The smallest absolute Gasteiger partial charge is 0.410 e. The molecule has 0 radical (unpaired) electrons. The number of para-hydroxylation sites is 1. The summed E-state index contributed by atoms with van der Waals surface area (Å²) in [6.45, 7) is 7.94. The van der Waals surface area contributed by atoms with Crippen LogP contribution in [0.4, 0.5) is 10.6 Å². The van der Waals surface area contributed by atoms with Crippen LogP contribution in [-0.4, -0.2) is 77.5 Å². The van der Waals surface area contributed by atoms with Gasteiger partial charge >= 0.3 is 6.09 Å². The number of benzene rings is 2. The number of ether oxygens (including phenoxy) is 1. The van der Waals surface area contributed by atoms with Crippen molar-refractivity contribution in [1.29, 1.82) is 5.26 Å². The van der Waals surface area contributed by atoms with E-state index >= 15 is 0 Å². The minimum Gasteiger partial charge on any atom is -0.444 e. The molecule has 1 N–H and O–H groups in total. The van der Waals surface area contributed by atoms with Gasteiger partial charge in [-0.25, -0.2) is 19.7 Å². The number of imidazole rings is 1. The molecule has 45 heavy (non-hydrogen) atoms. The molecule has 1 fully saturated rings. The lowest BCUT2D eigenvalue weighted by atomic mass is 10.0. The van der Waals surface area contributed by atoms with Crippen molar-refractivity contribution in [1.82, 2.24) is 39.6 Å². The van der Waals surface area contributed by atoms with Gasteiger partial charge < -0.3 is 19.5 Å². The highest BCUT2D eigenvalue weighted by molar-refractivity contribution is 5.98. The summed E-state index contributed by atoms with van der Waals surface area (Å²) in [5, 5.41) is 18.7. The predicted octanol–water partition coefficient (Wildman–Crippen LogP) is 5.35. The van der Waals surface area contributed by atoms with Gasteiger partial charge in [0.2, 0.25) is 0 Å². The highest BCUT2D eigenvalue weighted by Crippen LogP contribution is 2.35. The number of hydrogen-bond donors (Lipinski definition) is 1. The molecule has 12 heteroatoms. The van der Waals surface area contributed by atoms with E-state index in [1.807, 2.05) is 57.4 Å². The fraction of sp³-hybridized carbons (Fsp3) is 0.242. The van der Waals surface area contributed by atoms with Crippen LogP contribution in [0.5, 0.6) is 0 Å². The lowest BCUT2D eigenvalue weighted by molar-refractivity contribution is 0.0240. The molecule has 12 nitrogen and oxygen atoms in total. The number of nitrogens with zero attached hydrogens (tertiary/aromatic N) is 9. The Morgan fingerprint density at radius 3 is 2.58 bits per heavy atom. The van der Waals surface area contributed by atoms with Crippen molar-refractivity contribution < 1.29 is 9.53 Å². The second-order valence-corrected chi connectivity index (χ2v) is 11.9. The molecular weight excluding hydrogens is 568 g/mol. The first-order chi connectivity index (χ1) is 21.8. The zero-order valence-electron chi connectivity index (χ0n) is 25.1. The van der Waals surface area contributed by atoms with E-state index in [0.29, 0.717) is 37.7 Å². The van der Waals surface area contributed by atoms with E-state index in [1.165, 1.54) is 6.33 Å². The molecule has 0 saturated carbocycles. The Morgan fingerprint density at radius 1 is 1.00 bits per heavy atom. The summed E-state index contributed by atoms with van der Waals surface area (Å²) >= 11 is 0. The van der Waals surface area contributed by atoms with E-state index in [-0.39, 0.29) is 6.09 Å². The molecule has 4 aromatic heterocycles. The Hall–Kier alpha value is -5.83. The topological polar surface area (TPSA) is 142 Å². The van der Waals surface area contributed by atoms with Crippen LogP contribution in [0.2, 0.25) is 0 Å². The molecule has 0 aliphatic carbocycles. The number of piperazine rings is 1. The molecule has 224 valence electrons. The van der Waals surface area contributed by atoms with Gasteiger partial charge in [0.15, 0.2) is 5.82 Å². The van der Waals surface area contributed by atoms with Crippen LogP contribution in [0.1, 0.15) is 26.5 Å². The minimum atomic E-state index is -0.542. The van der Waals surface area contributed by atoms with Crippen molar-refractivity contribution >= 4 is 33.8 Å². The quantitative estimate of drug-likeness (QED) is 0.284. The average Bonchev–Trinajstić information content (AvgIpc) is 3.74. The number of anilines is 1. The van der Waals surface area contributed by atoms with Crippen molar-refractivity contribution in [2.75, 3.05) is 31.1 Å². The fourth-order valence-corrected chi connectivity index (χ4v) is 5.61. The first-order valence-electron chi connectivity index (χ1n) is 14.6. The maximum atomic E-state index is 12.7. The first kappa shape index (κ1) is 28.0. The lowest BCUT2D eigenvalue weighted by Crippen LogP contribution is -2.50. The van der Waals surface area contributed by atoms with Crippen LogP contribution in [-0.2, 0) is 4.74 Å². The highest BCUT2D eigenvalue weighted by Gasteiger charge is 2.27. The summed E-state index contributed by atoms with van der Waals surface area (Å²) in [6, 6.07) is 19.9. The van der Waals surface area contributed by atoms with Crippen LogP contribution in [0.25, 0.3) is 50.1 Å². The number of hydrogen-bond acceptors (Lipinski definition) is 9. The number of aromatic amines is 1. The molecule has 5 heterocycles. The number of aromatic nitrogens is 7. The maximum Gasteiger partial charge on any atom is 0.410 e. The molecule has 2 aromatic carbocycles. The Morgan fingerprint density at radius 2 is 1.82 bits per heavy atom. The average molecular weight is 599 g/mol. The third-order valence-electron chi connectivity index (χ3n) is 7.73. The van der Waals surface area contributed by atoms with Crippen LogP contribution >= 0.6 is 0 Å². The van der Waals surface area contributed by atoms with Crippen molar-refractivity contribution in [3.05, 3.63) is 79.1 Å².